The van der Waals surface area contributed by atoms with E-state index in [9.17, 15) is 14.9 Å². The van der Waals surface area contributed by atoms with Crippen molar-refractivity contribution in [1.29, 1.82) is 0 Å². The van der Waals surface area contributed by atoms with Crippen LogP contribution in [0.4, 0.5) is 5.69 Å². The fourth-order valence-electron chi connectivity index (χ4n) is 4.88. The van der Waals surface area contributed by atoms with E-state index >= 15 is 0 Å². The van der Waals surface area contributed by atoms with Crippen molar-refractivity contribution in [3.8, 4) is 0 Å². The highest BCUT2D eigenvalue weighted by atomic mass is 16.6. The predicted molar refractivity (Wildman–Crippen MR) is 116 cm³/mol. The van der Waals surface area contributed by atoms with Crippen molar-refractivity contribution >= 4 is 17.5 Å². The van der Waals surface area contributed by atoms with Crippen LogP contribution in [0.5, 0.6) is 0 Å². The summed E-state index contributed by atoms with van der Waals surface area (Å²) < 4.78 is 0. The molecule has 0 spiro atoms. The maximum atomic E-state index is 13.8. The number of carbonyl (C=O) groups excluding carboxylic acids is 1. The number of carbonyl (C=O) groups is 1. The summed E-state index contributed by atoms with van der Waals surface area (Å²) in [5, 5.41) is 12.3. The molecule has 0 amide bonds. The van der Waals surface area contributed by atoms with E-state index in [2.05, 4.69) is 0 Å². The minimum atomic E-state index is -0.922. The maximum Gasteiger partial charge on any atom is 0.245 e. The Labute approximate surface area is 174 Å². The van der Waals surface area contributed by atoms with Gasteiger partial charge < -0.3 is 4.90 Å². The number of hydrogen-bond donors (Lipinski definition) is 0. The molecule has 5 rings (SSSR count). The topological polar surface area (TPSA) is 63.4 Å². The maximum absolute atomic E-state index is 13.8. The van der Waals surface area contributed by atoms with Crippen LogP contribution >= 0.6 is 0 Å². The zero-order valence-corrected chi connectivity index (χ0v) is 16.2. The Kier molecular flexibility index (Phi) is 4.43. The van der Waals surface area contributed by atoms with E-state index in [-0.39, 0.29) is 10.7 Å². The van der Waals surface area contributed by atoms with Crippen LogP contribution in [0.15, 0.2) is 91.0 Å². The standard InChI is InChI=1S/C25H20N2O3/c28-25(19-12-5-2-6-13-19)24-22(18-10-3-1-4-11-18)23(27(29)30)21-16-15-17-9-7-8-14-20(17)26(21)24/h1-16,21-24H. The third-order valence-electron chi connectivity index (χ3n) is 6.12. The van der Waals surface area contributed by atoms with Gasteiger partial charge in [0.25, 0.3) is 0 Å². The first-order valence-electron chi connectivity index (χ1n) is 10.00. The highest BCUT2D eigenvalue weighted by molar-refractivity contribution is 6.04. The van der Waals surface area contributed by atoms with E-state index in [1.165, 1.54) is 0 Å². The Morgan fingerprint density at radius 1 is 0.867 bits per heavy atom. The Balaban J connectivity index is 1.73. The van der Waals surface area contributed by atoms with Gasteiger partial charge in [0, 0.05) is 16.2 Å². The van der Waals surface area contributed by atoms with Gasteiger partial charge in [-0.25, -0.2) is 0 Å². The number of nitro groups is 1. The fraction of sp³-hybridized carbons (Fsp3) is 0.160. The number of anilines is 1. The van der Waals surface area contributed by atoms with Crippen LogP contribution in [0.3, 0.4) is 0 Å². The number of benzene rings is 3. The van der Waals surface area contributed by atoms with Crippen molar-refractivity contribution in [1.82, 2.24) is 0 Å². The van der Waals surface area contributed by atoms with E-state index in [1.807, 2.05) is 89.8 Å². The molecule has 2 aliphatic heterocycles. The van der Waals surface area contributed by atoms with Crippen molar-refractivity contribution in [2.75, 3.05) is 4.90 Å². The van der Waals surface area contributed by atoms with Crippen LogP contribution in [0, 0.1) is 10.1 Å². The molecule has 5 nitrogen and oxygen atoms in total. The van der Waals surface area contributed by atoms with Gasteiger partial charge in [0.2, 0.25) is 6.04 Å². The highest BCUT2D eigenvalue weighted by Crippen LogP contribution is 2.46. The first kappa shape index (κ1) is 18.3. The SMILES string of the molecule is O=C(c1ccccc1)C1C(c2ccccc2)C([N+](=O)[O-])C2C=Cc3ccccc3N21. The third kappa shape index (κ3) is 2.82. The molecule has 4 unspecified atom stereocenters. The highest BCUT2D eigenvalue weighted by Gasteiger charge is 2.58. The fourth-order valence-corrected chi connectivity index (χ4v) is 4.88. The molecule has 2 heterocycles. The number of rotatable bonds is 4. The molecule has 1 fully saturated rings. The molecule has 0 radical (unpaired) electrons. The average molecular weight is 396 g/mol. The lowest BCUT2D eigenvalue weighted by molar-refractivity contribution is -0.524. The second kappa shape index (κ2) is 7.26. The molecule has 1 saturated heterocycles. The van der Waals surface area contributed by atoms with Gasteiger partial charge in [-0.05, 0) is 17.2 Å². The summed E-state index contributed by atoms with van der Waals surface area (Å²) in [4.78, 5) is 27.8. The van der Waals surface area contributed by atoms with Gasteiger partial charge in [0.05, 0.1) is 5.92 Å². The van der Waals surface area contributed by atoms with E-state index in [1.54, 1.807) is 12.1 Å². The van der Waals surface area contributed by atoms with Crippen LogP contribution < -0.4 is 4.90 Å². The van der Waals surface area contributed by atoms with E-state index in [0.29, 0.717) is 5.56 Å². The largest absolute Gasteiger partial charge is 0.346 e. The Morgan fingerprint density at radius 3 is 2.20 bits per heavy atom. The first-order chi connectivity index (χ1) is 14.7. The van der Waals surface area contributed by atoms with Gasteiger partial charge in [-0.15, -0.1) is 0 Å². The molecule has 3 aromatic rings. The Hall–Kier alpha value is -3.73. The van der Waals surface area contributed by atoms with Crippen molar-refractivity contribution in [2.45, 2.75) is 24.0 Å². The number of para-hydroxylation sites is 1. The lowest BCUT2D eigenvalue weighted by Crippen LogP contribution is -2.44. The molecular formula is C25H20N2O3. The summed E-state index contributed by atoms with van der Waals surface area (Å²) in [6, 6.07) is 24.2. The van der Waals surface area contributed by atoms with Crippen LogP contribution in [0.1, 0.15) is 27.4 Å². The molecule has 148 valence electrons. The zero-order chi connectivity index (χ0) is 20.7. The van der Waals surface area contributed by atoms with E-state index in [4.69, 9.17) is 0 Å². The molecular weight excluding hydrogens is 376 g/mol. The number of nitrogens with zero attached hydrogens (tertiary/aromatic N) is 2. The second-order valence-corrected chi connectivity index (χ2v) is 7.70. The monoisotopic (exact) mass is 396 g/mol. The van der Waals surface area contributed by atoms with Crippen LogP contribution in [-0.2, 0) is 0 Å². The first-order valence-corrected chi connectivity index (χ1v) is 10.00. The summed E-state index contributed by atoms with van der Waals surface area (Å²) in [6.07, 6.45) is 3.81. The number of ketones is 1. The molecule has 0 aliphatic carbocycles. The van der Waals surface area contributed by atoms with E-state index in [0.717, 1.165) is 16.8 Å². The van der Waals surface area contributed by atoms with Gasteiger partial charge in [-0.1, -0.05) is 91.0 Å². The summed E-state index contributed by atoms with van der Waals surface area (Å²) in [7, 11) is 0. The molecule has 0 saturated carbocycles. The molecule has 0 aromatic heterocycles. The normalized spacial score (nSPS) is 24.2. The van der Waals surface area contributed by atoms with Gasteiger partial charge in [-0.2, -0.15) is 0 Å². The van der Waals surface area contributed by atoms with Gasteiger partial charge in [0.1, 0.15) is 12.1 Å². The third-order valence-corrected chi connectivity index (χ3v) is 6.12. The van der Waals surface area contributed by atoms with Gasteiger partial charge >= 0.3 is 0 Å². The number of hydrogen-bond acceptors (Lipinski definition) is 4. The Bertz CT molecular complexity index is 1130. The summed E-state index contributed by atoms with van der Waals surface area (Å²) in [6.45, 7) is 0. The predicted octanol–water partition coefficient (Wildman–Crippen LogP) is 4.58. The summed E-state index contributed by atoms with van der Waals surface area (Å²) in [5.41, 5.74) is 3.21. The van der Waals surface area contributed by atoms with Crippen LogP contribution in [-0.4, -0.2) is 28.8 Å². The average Bonchev–Trinajstić information content (AvgIpc) is 3.16. The quantitative estimate of drug-likeness (QED) is 0.368. The van der Waals surface area contributed by atoms with Crippen molar-refractivity contribution in [2.24, 2.45) is 0 Å². The second-order valence-electron chi connectivity index (χ2n) is 7.70. The summed E-state index contributed by atoms with van der Waals surface area (Å²) in [5.74, 6) is -0.654. The molecule has 0 N–H and O–H groups in total. The van der Waals surface area contributed by atoms with Crippen molar-refractivity contribution < 1.29 is 9.72 Å². The van der Waals surface area contributed by atoms with Crippen LogP contribution in [0.2, 0.25) is 0 Å². The lowest BCUT2D eigenvalue weighted by Gasteiger charge is -2.34. The van der Waals surface area contributed by atoms with Crippen molar-refractivity contribution in [3.05, 3.63) is 118 Å². The number of fused-ring (bicyclic) bond motifs is 3. The van der Waals surface area contributed by atoms with Crippen molar-refractivity contribution in [3.63, 3.8) is 0 Å². The zero-order valence-electron chi connectivity index (χ0n) is 16.2. The summed E-state index contributed by atoms with van der Waals surface area (Å²) >= 11 is 0. The minimum Gasteiger partial charge on any atom is -0.346 e. The smallest absolute Gasteiger partial charge is 0.245 e. The minimum absolute atomic E-state index is 0.0936. The van der Waals surface area contributed by atoms with E-state index < -0.39 is 24.0 Å². The molecule has 3 aromatic carbocycles. The molecule has 30 heavy (non-hydrogen) atoms. The number of Topliss-reactive ketones (excluding diaryl/α,β-unsaturated/α-hetero) is 1. The van der Waals surface area contributed by atoms with Gasteiger partial charge in [0.15, 0.2) is 5.78 Å². The molecule has 5 heteroatoms. The molecule has 2 aliphatic rings. The Morgan fingerprint density at radius 2 is 1.50 bits per heavy atom. The van der Waals surface area contributed by atoms with Crippen LogP contribution in [0.25, 0.3) is 6.08 Å². The lowest BCUT2D eigenvalue weighted by atomic mass is 9.84. The molecule has 0 bridgehead atoms. The van der Waals surface area contributed by atoms with Gasteiger partial charge in [-0.3, -0.25) is 14.9 Å². The molecule has 4 atom stereocenters.